The van der Waals surface area contributed by atoms with E-state index in [-0.39, 0.29) is 5.91 Å². The summed E-state index contributed by atoms with van der Waals surface area (Å²) in [5.41, 5.74) is 14.4. The van der Waals surface area contributed by atoms with E-state index in [2.05, 4.69) is 48.0 Å². The lowest BCUT2D eigenvalue weighted by atomic mass is 9.89. The van der Waals surface area contributed by atoms with Crippen LogP contribution in [0.5, 0.6) is 0 Å². The number of hydrogen-bond donors (Lipinski definition) is 2. The van der Waals surface area contributed by atoms with Gasteiger partial charge in [-0.25, -0.2) is 4.98 Å². The first kappa shape index (κ1) is 23.6. The number of rotatable bonds is 5. The summed E-state index contributed by atoms with van der Waals surface area (Å²) in [6, 6.07) is 12.4. The largest absolute Gasteiger partial charge is 0.399 e. The molecule has 0 spiro atoms. The minimum absolute atomic E-state index is 0.130. The zero-order valence-electron chi connectivity index (χ0n) is 21.2. The van der Waals surface area contributed by atoms with Gasteiger partial charge in [0.05, 0.1) is 11.4 Å². The molecule has 2 aliphatic heterocycles. The molecule has 1 fully saturated rings. The molecule has 184 valence electrons. The molecule has 3 N–H and O–H groups in total. The van der Waals surface area contributed by atoms with Crippen LogP contribution in [0, 0.1) is 13.8 Å². The number of nitrogen functional groups attached to an aromatic ring is 1. The molecule has 0 aliphatic carbocycles. The van der Waals surface area contributed by atoms with Crippen molar-refractivity contribution in [2.24, 2.45) is 0 Å². The first-order chi connectivity index (χ1) is 16.9. The Morgan fingerprint density at radius 3 is 2.54 bits per heavy atom. The van der Waals surface area contributed by atoms with Crippen LogP contribution in [0.25, 0.3) is 11.4 Å². The van der Waals surface area contributed by atoms with E-state index >= 15 is 0 Å². The number of likely N-dealkylation sites (tertiary alicyclic amines) is 1. The lowest BCUT2D eigenvalue weighted by Crippen LogP contribution is -2.38. The van der Waals surface area contributed by atoms with Crippen LogP contribution in [0.1, 0.15) is 70.5 Å². The van der Waals surface area contributed by atoms with Crippen LogP contribution < -0.4 is 5.73 Å². The van der Waals surface area contributed by atoms with E-state index in [0.717, 1.165) is 92.2 Å². The van der Waals surface area contributed by atoms with Gasteiger partial charge in [-0.15, -0.1) is 0 Å². The second kappa shape index (κ2) is 9.86. The second-order valence-electron chi connectivity index (χ2n) is 10.3. The van der Waals surface area contributed by atoms with Gasteiger partial charge in [0.1, 0.15) is 5.82 Å². The van der Waals surface area contributed by atoms with Crippen LogP contribution in [0.3, 0.4) is 0 Å². The van der Waals surface area contributed by atoms with Gasteiger partial charge in [0.25, 0.3) is 5.91 Å². The minimum Gasteiger partial charge on any atom is -0.399 e. The van der Waals surface area contributed by atoms with Crippen LogP contribution in [0.2, 0.25) is 0 Å². The maximum Gasteiger partial charge on any atom is 0.254 e. The van der Waals surface area contributed by atoms with Crippen molar-refractivity contribution >= 4 is 11.6 Å². The Kier molecular flexibility index (Phi) is 6.65. The van der Waals surface area contributed by atoms with Gasteiger partial charge >= 0.3 is 0 Å². The van der Waals surface area contributed by atoms with E-state index in [1.165, 1.54) is 17.0 Å². The van der Waals surface area contributed by atoms with Gasteiger partial charge in [0, 0.05) is 49.4 Å². The number of anilines is 1. The van der Waals surface area contributed by atoms with E-state index < -0.39 is 0 Å². The Hall–Kier alpha value is -3.12. The van der Waals surface area contributed by atoms with Crippen LogP contribution in [0.4, 0.5) is 5.69 Å². The SMILES string of the molecule is CCCN1CCc2nc(-c3cc(C(=O)N4CCC(c5ccc(N)cc5)CC4)c(C)cc3C)[nH]c2C1. The third-order valence-corrected chi connectivity index (χ3v) is 7.70. The molecule has 0 atom stereocenters. The summed E-state index contributed by atoms with van der Waals surface area (Å²) in [6.07, 6.45) is 4.10. The average Bonchev–Trinajstić information content (AvgIpc) is 3.28. The highest BCUT2D eigenvalue weighted by atomic mass is 16.2. The fraction of sp³-hybridized carbons (Fsp3) is 0.448. The number of carbonyl (C=O) groups excluding carboxylic acids is 1. The number of fused-ring (bicyclic) bond motifs is 1. The number of carbonyl (C=O) groups is 1. The predicted molar refractivity (Wildman–Crippen MR) is 142 cm³/mol. The summed E-state index contributed by atoms with van der Waals surface area (Å²) in [5, 5.41) is 0. The number of piperidine rings is 1. The van der Waals surface area contributed by atoms with Crippen LogP contribution in [-0.4, -0.2) is 51.9 Å². The van der Waals surface area contributed by atoms with E-state index in [0.29, 0.717) is 5.92 Å². The molecule has 1 aromatic heterocycles. The molecular weight excluding hydrogens is 434 g/mol. The molecule has 3 heterocycles. The van der Waals surface area contributed by atoms with Crippen molar-refractivity contribution in [1.82, 2.24) is 19.8 Å². The number of nitrogens with two attached hydrogens (primary N) is 1. The number of imidazole rings is 1. The summed E-state index contributed by atoms with van der Waals surface area (Å²) in [4.78, 5) is 26.6. The molecular formula is C29H37N5O. The minimum atomic E-state index is 0.130. The van der Waals surface area contributed by atoms with Crippen molar-refractivity contribution in [2.45, 2.75) is 58.9 Å². The zero-order valence-corrected chi connectivity index (χ0v) is 21.2. The quantitative estimate of drug-likeness (QED) is 0.510. The highest BCUT2D eigenvalue weighted by Crippen LogP contribution is 2.31. The van der Waals surface area contributed by atoms with Crippen molar-refractivity contribution in [3.63, 3.8) is 0 Å². The lowest BCUT2D eigenvalue weighted by Gasteiger charge is -2.33. The average molecular weight is 472 g/mol. The molecule has 5 rings (SSSR count). The molecule has 0 bridgehead atoms. The Balaban J connectivity index is 1.33. The first-order valence-corrected chi connectivity index (χ1v) is 13.0. The number of nitrogens with zero attached hydrogens (tertiary/aromatic N) is 3. The van der Waals surface area contributed by atoms with Crippen molar-refractivity contribution in [2.75, 3.05) is 31.9 Å². The van der Waals surface area contributed by atoms with Crippen LogP contribution >= 0.6 is 0 Å². The molecule has 1 amide bonds. The Morgan fingerprint density at radius 1 is 1.09 bits per heavy atom. The van der Waals surface area contributed by atoms with Gasteiger partial charge in [-0.3, -0.25) is 9.69 Å². The van der Waals surface area contributed by atoms with Gasteiger partial charge in [-0.05, 0) is 80.5 Å². The molecule has 2 aliphatic rings. The molecule has 1 saturated heterocycles. The second-order valence-corrected chi connectivity index (χ2v) is 10.3. The van der Waals surface area contributed by atoms with Gasteiger partial charge in [0.2, 0.25) is 0 Å². The summed E-state index contributed by atoms with van der Waals surface area (Å²) in [5.74, 6) is 1.50. The monoisotopic (exact) mass is 471 g/mol. The third-order valence-electron chi connectivity index (χ3n) is 7.70. The smallest absolute Gasteiger partial charge is 0.254 e. The van der Waals surface area contributed by atoms with Gasteiger partial charge in [0.15, 0.2) is 0 Å². The Bertz CT molecular complexity index is 1200. The summed E-state index contributed by atoms with van der Waals surface area (Å²) < 4.78 is 0. The predicted octanol–water partition coefficient (Wildman–Crippen LogP) is 5.06. The molecule has 0 unspecified atom stereocenters. The molecule has 0 saturated carbocycles. The van der Waals surface area contributed by atoms with E-state index in [1.807, 2.05) is 24.0 Å². The zero-order chi connectivity index (χ0) is 24.5. The summed E-state index contributed by atoms with van der Waals surface area (Å²) in [6.45, 7) is 11.0. The van der Waals surface area contributed by atoms with Gasteiger partial charge in [-0.2, -0.15) is 0 Å². The van der Waals surface area contributed by atoms with Gasteiger partial charge < -0.3 is 15.6 Å². The number of nitrogens with one attached hydrogen (secondary N) is 1. The molecule has 0 radical (unpaired) electrons. The highest BCUT2D eigenvalue weighted by Gasteiger charge is 2.27. The van der Waals surface area contributed by atoms with Crippen molar-refractivity contribution in [3.05, 3.63) is 70.0 Å². The van der Waals surface area contributed by atoms with Crippen molar-refractivity contribution in [1.29, 1.82) is 0 Å². The van der Waals surface area contributed by atoms with Gasteiger partial charge in [-0.1, -0.05) is 25.1 Å². The number of aryl methyl sites for hydroxylation is 2. The van der Waals surface area contributed by atoms with E-state index in [1.54, 1.807) is 0 Å². The number of aromatic nitrogens is 2. The molecule has 2 aromatic carbocycles. The van der Waals surface area contributed by atoms with Crippen LogP contribution in [-0.2, 0) is 13.0 Å². The number of aromatic amines is 1. The Morgan fingerprint density at radius 2 is 1.83 bits per heavy atom. The van der Waals surface area contributed by atoms with Crippen molar-refractivity contribution < 1.29 is 4.79 Å². The number of hydrogen-bond acceptors (Lipinski definition) is 4. The summed E-state index contributed by atoms with van der Waals surface area (Å²) in [7, 11) is 0. The molecule has 6 nitrogen and oxygen atoms in total. The maximum atomic E-state index is 13.6. The van der Waals surface area contributed by atoms with Crippen LogP contribution in [0.15, 0.2) is 36.4 Å². The lowest BCUT2D eigenvalue weighted by molar-refractivity contribution is 0.0712. The number of benzene rings is 2. The normalized spacial score (nSPS) is 16.9. The standard InChI is InChI=1S/C29H37N5O/c1-4-12-33-13-11-26-27(18-33)32-28(31-26)24-17-25(20(3)16-19(24)2)29(35)34-14-9-22(10-15-34)21-5-7-23(30)8-6-21/h5-8,16-17,22H,4,9-15,18,30H2,1-3H3,(H,31,32). The molecule has 3 aromatic rings. The van der Waals surface area contributed by atoms with Crippen molar-refractivity contribution in [3.8, 4) is 11.4 Å². The summed E-state index contributed by atoms with van der Waals surface area (Å²) >= 11 is 0. The molecule has 6 heteroatoms. The molecule has 35 heavy (non-hydrogen) atoms. The Labute approximate surface area is 208 Å². The topological polar surface area (TPSA) is 78.2 Å². The maximum absolute atomic E-state index is 13.6. The third kappa shape index (κ3) is 4.85. The fourth-order valence-corrected chi connectivity index (χ4v) is 5.68. The van der Waals surface area contributed by atoms with E-state index in [9.17, 15) is 4.79 Å². The first-order valence-electron chi connectivity index (χ1n) is 13.0. The highest BCUT2D eigenvalue weighted by molar-refractivity contribution is 5.97. The van der Waals surface area contributed by atoms with E-state index in [4.69, 9.17) is 10.7 Å². The number of amides is 1. The number of H-pyrrole nitrogens is 1. The fourth-order valence-electron chi connectivity index (χ4n) is 5.68.